The summed E-state index contributed by atoms with van der Waals surface area (Å²) in [7, 11) is 3.85. The summed E-state index contributed by atoms with van der Waals surface area (Å²) in [5.41, 5.74) is 0.969. The molecule has 23 heavy (non-hydrogen) atoms. The predicted molar refractivity (Wildman–Crippen MR) is 90.5 cm³/mol. The van der Waals surface area contributed by atoms with Crippen molar-refractivity contribution < 1.29 is 9.47 Å². The minimum Gasteiger partial charge on any atom is -0.484 e. The molecular weight excluding hydrogens is 314 g/mol. The Morgan fingerprint density at radius 3 is 2.96 bits per heavy atom. The minimum absolute atomic E-state index is 0.0834. The lowest BCUT2D eigenvalue weighted by atomic mass is 10.1. The van der Waals surface area contributed by atoms with Gasteiger partial charge in [0.1, 0.15) is 11.9 Å². The molecule has 1 saturated heterocycles. The number of anilines is 2. The number of nitrogens with zero attached hydrogens (tertiary/aromatic N) is 4. The number of rotatable bonds is 5. The van der Waals surface area contributed by atoms with Crippen LogP contribution in [0.3, 0.4) is 0 Å². The van der Waals surface area contributed by atoms with Crippen LogP contribution in [0.1, 0.15) is 12.1 Å². The maximum absolute atomic E-state index is 6.05. The van der Waals surface area contributed by atoms with Crippen LogP contribution in [0.4, 0.5) is 11.1 Å². The fourth-order valence-corrected chi connectivity index (χ4v) is 3.01. The Morgan fingerprint density at radius 2 is 2.26 bits per heavy atom. The van der Waals surface area contributed by atoms with Crippen molar-refractivity contribution in [3.05, 3.63) is 24.0 Å². The maximum atomic E-state index is 6.05. The van der Waals surface area contributed by atoms with Gasteiger partial charge in [-0.15, -0.1) is 0 Å². The number of hydrogen-bond acceptors (Lipinski definition) is 8. The SMILES string of the molecule is Cc1ccc(O[C@@H]2COCC[C@@H]2Nc2nc(N(C)C)ns2)cn1. The lowest BCUT2D eigenvalue weighted by Crippen LogP contribution is -2.45. The van der Waals surface area contributed by atoms with Crippen molar-refractivity contribution in [2.45, 2.75) is 25.5 Å². The van der Waals surface area contributed by atoms with Gasteiger partial charge in [0, 0.05) is 37.9 Å². The van der Waals surface area contributed by atoms with Gasteiger partial charge in [0.15, 0.2) is 0 Å². The number of aromatic nitrogens is 3. The van der Waals surface area contributed by atoms with E-state index in [0.29, 0.717) is 19.2 Å². The highest BCUT2D eigenvalue weighted by Gasteiger charge is 2.28. The normalized spacial score (nSPS) is 21.0. The van der Waals surface area contributed by atoms with Crippen molar-refractivity contribution >= 4 is 22.6 Å². The molecule has 0 aliphatic carbocycles. The molecule has 8 heteroatoms. The average molecular weight is 335 g/mol. The first-order valence-corrected chi connectivity index (χ1v) is 8.34. The average Bonchev–Trinajstić information content (AvgIpc) is 3.00. The quantitative estimate of drug-likeness (QED) is 0.895. The Morgan fingerprint density at radius 1 is 1.39 bits per heavy atom. The van der Waals surface area contributed by atoms with Crippen LogP contribution in [0, 0.1) is 6.92 Å². The van der Waals surface area contributed by atoms with Gasteiger partial charge in [0.05, 0.1) is 18.8 Å². The lowest BCUT2D eigenvalue weighted by molar-refractivity contribution is -0.000696. The third kappa shape index (κ3) is 4.08. The Labute approximate surface area is 139 Å². The number of ether oxygens (including phenoxy) is 2. The zero-order valence-corrected chi connectivity index (χ0v) is 14.3. The Bertz CT molecular complexity index is 631. The fourth-order valence-electron chi connectivity index (χ4n) is 2.31. The van der Waals surface area contributed by atoms with Gasteiger partial charge in [-0.3, -0.25) is 4.98 Å². The summed E-state index contributed by atoms with van der Waals surface area (Å²) in [5.74, 6) is 1.47. The summed E-state index contributed by atoms with van der Waals surface area (Å²) in [6.45, 7) is 3.21. The van der Waals surface area contributed by atoms with Crippen molar-refractivity contribution in [1.29, 1.82) is 0 Å². The first-order valence-electron chi connectivity index (χ1n) is 7.56. The van der Waals surface area contributed by atoms with Crippen LogP contribution in [0.25, 0.3) is 0 Å². The Hall–Kier alpha value is -1.93. The molecule has 1 fully saturated rings. The summed E-state index contributed by atoms with van der Waals surface area (Å²) in [6, 6.07) is 4.01. The van der Waals surface area contributed by atoms with Crippen molar-refractivity contribution in [1.82, 2.24) is 14.3 Å². The molecule has 0 saturated carbocycles. The molecule has 3 rings (SSSR count). The molecule has 0 amide bonds. The summed E-state index contributed by atoms with van der Waals surface area (Å²) in [4.78, 5) is 10.6. The van der Waals surface area contributed by atoms with Gasteiger partial charge in [-0.2, -0.15) is 9.36 Å². The van der Waals surface area contributed by atoms with Gasteiger partial charge in [0.25, 0.3) is 0 Å². The Kier molecular flexibility index (Phi) is 4.92. The van der Waals surface area contributed by atoms with Crippen molar-refractivity contribution in [3.8, 4) is 5.75 Å². The highest BCUT2D eigenvalue weighted by Crippen LogP contribution is 2.23. The van der Waals surface area contributed by atoms with Crippen LogP contribution in [0.2, 0.25) is 0 Å². The summed E-state index contributed by atoms with van der Waals surface area (Å²) in [5, 5.41) is 4.23. The van der Waals surface area contributed by atoms with E-state index in [1.807, 2.05) is 38.1 Å². The van der Waals surface area contributed by atoms with Gasteiger partial charge in [-0.05, 0) is 25.5 Å². The molecule has 2 atom stereocenters. The summed E-state index contributed by atoms with van der Waals surface area (Å²) in [6.07, 6.45) is 2.52. The molecule has 2 aromatic rings. The second-order valence-electron chi connectivity index (χ2n) is 5.70. The van der Waals surface area contributed by atoms with Crippen molar-refractivity contribution in [2.75, 3.05) is 37.5 Å². The van der Waals surface area contributed by atoms with E-state index < -0.39 is 0 Å². The summed E-state index contributed by atoms with van der Waals surface area (Å²) >= 11 is 1.36. The number of aryl methyl sites for hydroxylation is 1. The molecule has 7 nitrogen and oxygen atoms in total. The molecule has 1 aliphatic rings. The fraction of sp³-hybridized carbons (Fsp3) is 0.533. The van der Waals surface area contributed by atoms with Crippen LogP contribution in [0.15, 0.2) is 18.3 Å². The first-order chi connectivity index (χ1) is 11.1. The van der Waals surface area contributed by atoms with E-state index in [-0.39, 0.29) is 12.1 Å². The third-order valence-electron chi connectivity index (χ3n) is 3.60. The van der Waals surface area contributed by atoms with Crippen LogP contribution in [-0.4, -0.2) is 53.8 Å². The Balaban J connectivity index is 1.66. The number of pyridine rings is 1. The zero-order valence-electron chi connectivity index (χ0n) is 13.5. The molecular formula is C15H21N5O2S. The van der Waals surface area contributed by atoms with Gasteiger partial charge in [-0.1, -0.05) is 0 Å². The topological polar surface area (TPSA) is 72.4 Å². The van der Waals surface area contributed by atoms with Gasteiger partial charge >= 0.3 is 0 Å². The number of nitrogens with one attached hydrogen (secondary N) is 1. The van der Waals surface area contributed by atoms with Crippen LogP contribution < -0.4 is 15.0 Å². The van der Waals surface area contributed by atoms with Crippen molar-refractivity contribution in [3.63, 3.8) is 0 Å². The van der Waals surface area contributed by atoms with Gasteiger partial charge in [-0.25, -0.2) is 0 Å². The molecule has 1 N–H and O–H groups in total. The predicted octanol–water partition coefficient (Wildman–Crippen LogP) is 1.96. The molecule has 0 aromatic carbocycles. The van der Waals surface area contributed by atoms with Gasteiger partial charge < -0.3 is 19.7 Å². The first kappa shape index (κ1) is 15.9. The molecule has 0 spiro atoms. The maximum Gasteiger partial charge on any atom is 0.238 e. The van der Waals surface area contributed by atoms with E-state index in [4.69, 9.17) is 9.47 Å². The van der Waals surface area contributed by atoms with E-state index >= 15 is 0 Å². The largest absolute Gasteiger partial charge is 0.484 e. The lowest BCUT2D eigenvalue weighted by Gasteiger charge is -2.32. The van der Waals surface area contributed by atoms with Crippen LogP contribution in [-0.2, 0) is 4.74 Å². The van der Waals surface area contributed by atoms with E-state index in [1.54, 1.807) is 6.20 Å². The molecule has 1 aliphatic heterocycles. The molecule has 3 heterocycles. The van der Waals surface area contributed by atoms with E-state index in [0.717, 1.165) is 23.0 Å². The smallest absolute Gasteiger partial charge is 0.238 e. The van der Waals surface area contributed by atoms with E-state index in [1.165, 1.54) is 11.5 Å². The molecule has 0 unspecified atom stereocenters. The number of hydrogen-bond donors (Lipinski definition) is 1. The molecule has 0 bridgehead atoms. The van der Waals surface area contributed by atoms with E-state index in [9.17, 15) is 0 Å². The third-order valence-corrected chi connectivity index (χ3v) is 4.24. The highest BCUT2D eigenvalue weighted by atomic mass is 32.1. The second-order valence-corrected chi connectivity index (χ2v) is 6.45. The second kappa shape index (κ2) is 7.10. The van der Waals surface area contributed by atoms with E-state index in [2.05, 4.69) is 19.7 Å². The van der Waals surface area contributed by atoms with Crippen LogP contribution >= 0.6 is 11.5 Å². The standard InChI is InChI=1S/C15H21N5O2S/c1-10-4-5-11(8-16-10)22-13-9-21-7-6-12(13)17-15-18-14(19-23-15)20(2)3/h4-5,8,12-13H,6-7,9H2,1-3H3,(H,17,18,19)/t12-,13+/m0/s1. The van der Waals surface area contributed by atoms with Gasteiger partial charge in [0.2, 0.25) is 11.1 Å². The highest BCUT2D eigenvalue weighted by molar-refractivity contribution is 7.09. The molecule has 0 radical (unpaired) electrons. The molecule has 2 aromatic heterocycles. The minimum atomic E-state index is -0.0834. The zero-order chi connectivity index (χ0) is 16.2. The monoisotopic (exact) mass is 335 g/mol. The van der Waals surface area contributed by atoms with Crippen LogP contribution in [0.5, 0.6) is 5.75 Å². The van der Waals surface area contributed by atoms with Crippen molar-refractivity contribution in [2.24, 2.45) is 0 Å². The summed E-state index contributed by atoms with van der Waals surface area (Å²) < 4.78 is 15.9. The molecule has 124 valence electrons.